The monoisotopic (exact) mass is 319 g/mol. The van der Waals surface area contributed by atoms with E-state index in [0.717, 1.165) is 35.2 Å². The molecule has 1 unspecified atom stereocenters. The molecule has 0 aliphatic rings. The normalized spacial score (nSPS) is 12.4. The van der Waals surface area contributed by atoms with Gasteiger partial charge in [0.1, 0.15) is 5.75 Å². The van der Waals surface area contributed by atoms with Crippen LogP contribution in [0.1, 0.15) is 45.9 Å². The summed E-state index contributed by atoms with van der Waals surface area (Å²) in [5.74, 6) is 0.853. The van der Waals surface area contributed by atoms with Gasteiger partial charge < -0.3 is 15.4 Å². The van der Waals surface area contributed by atoms with E-state index < -0.39 is 0 Å². The smallest absolute Gasteiger partial charge is 0.187 e. The fourth-order valence-corrected chi connectivity index (χ4v) is 2.87. The molecule has 0 fully saturated rings. The average Bonchev–Trinajstić information content (AvgIpc) is 2.95. The van der Waals surface area contributed by atoms with Crippen LogP contribution in [-0.2, 0) is 0 Å². The lowest BCUT2D eigenvalue weighted by Crippen LogP contribution is -2.19. The van der Waals surface area contributed by atoms with Crippen molar-refractivity contribution in [2.75, 3.05) is 11.9 Å². The van der Waals surface area contributed by atoms with E-state index in [1.54, 1.807) is 11.3 Å². The van der Waals surface area contributed by atoms with Gasteiger partial charge in [0.2, 0.25) is 0 Å². The quantitative estimate of drug-likeness (QED) is 0.738. The molecule has 1 aromatic carbocycles. The number of nitrogens with one attached hydrogen (secondary N) is 2. The maximum atomic E-state index is 5.83. The molecule has 2 aromatic rings. The number of anilines is 2. The highest BCUT2D eigenvalue weighted by molar-refractivity contribution is 7.13. The van der Waals surface area contributed by atoms with Crippen LogP contribution in [0, 0.1) is 0 Å². The standard InChI is InChI=1S/C17H25N3OS/c1-5-10-18-13(4)15-11-22-17(20-15)19-14-8-6-7-9-16(14)21-12(2)3/h6-9,11-13,18H,5,10H2,1-4H3,(H,19,20). The van der Waals surface area contributed by atoms with Crippen molar-refractivity contribution < 1.29 is 4.74 Å². The number of benzene rings is 1. The average molecular weight is 319 g/mol. The Kier molecular flexibility index (Phi) is 6.21. The number of ether oxygens (including phenoxy) is 1. The van der Waals surface area contributed by atoms with Crippen LogP contribution in [0.4, 0.5) is 10.8 Å². The number of para-hydroxylation sites is 2. The second-order valence-electron chi connectivity index (χ2n) is 5.54. The minimum absolute atomic E-state index is 0.146. The highest BCUT2D eigenvalue weighted by atomic mass is 32.1. The van der Waals surface area contributed by atoms with Gasteiger partial charge >= 0.3 is 0 Å². The molecule has 22 heavy (non-hydrogen) atoms. The van der Waals surface area contributed by atoms with Crippen molar-refractivity contribution in [3.8, 4) is 5.75 Å². The molecule has 120 valence electrons. The van der Waals surface area contributed by atoms with Crippen molar-refractivity contribution >= 4 is 22.2 Å². The van der Waals surface area contributed by atoms with Crippen LogP contribution in [0.3, 0.4) is 0 Å². The van der Waals surface area contributed by atoms with Gasteiger partial charge in [0.25, 0.3) is 0 Å². The third-order valence-electron chi connectivity index (χ3n) is 3.16. The van der Waals surface area contributed by atoms with Gasteiger partial charge in [-0.25, -0.2) is 4.98 Å². The number of hydrogen-bond donors (Lipinski definition) is 2. The first-order chi connectivity index (χ1) is 10.6. The molecular formula is C17H25N3OS. The summed E-state index contributed by atoms with van der Waals surface area (Å²) in [5.41, 5.74) is 2.02. The first kappa shape index (κ1) is 16.8. The molecule has 0 aliphatic carbocycles. The number of hydrogen-bond acceptors (Lipinski definition) is 5. The minimum atomic E-state index is 0.146. The highest BCUT2D eigenvalue weighted by Crippen LogP contribution is 2.30. The Balaban J connectivity index is 2.07. The SMILES string of the molecule is CCCNC(C)c1csc(Nc2ccccc2OC(C)C)n1. The predicted molar refractivity (Wildman–Crippen MR) is 94.3 cm³/mol. The number of aromatic nitrogens is 1. The molecule has 4 nitrogen and oxygen atoms in total. The summed E-state index contributed by atoms with van der Waals surface area (Å²) in [6.07, 6.45) is 1.27. The van der Waals surface area contributed by atoms with Crippen LogP contribution < -0.4 is 15.4 Å². The maximum Gasteiger partial charge on any atom is 0.187 e. The van der Waals surface area contributed by atoms with E-state index in [2.05, 4.69) is 34.8 Å². The predicted octanol–water partition coefficient (Wildman–Crippen LogP) is 4.73. The lowest BCUT2D eigenvalue weighted by Gasteiger charge is -2.14. The van der Waals surface area contributed by atoms with Gasteiger partial charge in [-0.2, -0.15) is 0 Å². The largest absolute Gasteiger partial charge is 0.489 e. The van der Waals surface area contributed by atoms with Crippen molar-refractivity contribution in [3.63, 3.8) is 0 Å². The Morgan fingerprint density at radius 3 is 2.73 bits per heavy atom. The first-order valence-corrected chi connectivity index (χ1v) is 8.69. The minimum Gasteiger partial charge on any atom is -0.489 e. The molecule has 5 heteroatoms. The molecule has 1 heterocycles. The van der Waals surface area contributed by atoms with E-state index in [1.807, 2.05) is 38.1 Å². The fraction of sp³-hybridized carbons (Fsp3) is 0.471. The van der Waals surface area contributed by atoms with Crippen LogP contribution in [0.5, 0.6) is 5.75 Å². The van der Waals surface area contributed by atoms with Crippen molar-refractivity contribution in [2.24, 2.45) is 0 Å². The molecular weight excluding hydrogens is 294 g/mol. The summed E-state index contributed by atoms with van der Waals surface area (Å²) < 4.78 is 5.83. The summed E-state index contributed by atoms with van der Waals surface area (Å²) in [6, 6.07) is 8.23. The van der Waals surface area contributed by atoms with E-state index in [-0.39, 0.29) is 12.1 Å². The summed E-state index contributed by atoms with van der Waals surface area (Å²) >= 11 is 1.62. The Labute approximate surface area is 136 Å². The van der Waals surface area contributed by atoms with Gasteiger partial charge in [-0.05, 0) is 45.9 Å². The zero-order chi connectivity index (χ0) is 15.9. The van der Waals surface area contributed by atoms with E-state index in [0.29, 0.717) is 0 Å². The van der Waals surface area contributed by atoms with Crippen molar-refractivity contribution in [2.45, 2.75) is 46.3 Å². The van der Waals surface area contributed by atoms with Crippen molar-refractivity contribution in [1.29, 1.82) is 0 Å². The van der Waals surface area contributed by atoms with E-state index >= 15 is 0 Å². The van der Waals surface area contributed by atoms with Crippen LogP contribution in [0.2, 0.25) is 0 Å². The molecule has 2 N–H and O–H groups in total. The third-order valence-corrected chi connectivity index (χ3v) is 3.93. The summed E-state index contributed by atoms with van der Waals surface area (Å²) in [5, 5.41) is 9.81. The molecule has 0 amide bonds. The molecule has 0 radical (unpaired) electrons. The molecule has 2 rings (SSSR count). The lowest BCUT2D eigenvalue weighted by atomic mass is 10.2. The molecule has 0 bridgehead atoms. The number of thiazole rings is 1. The van der Waals surface area contributed by atoms with Crippen LogP contribution >= 0.6 is 11.3 Å². The molecule has 1 aromatic heterocycles. The van der Waals surface area contributed by atoms with E-state index in [4.69, 9.17) is 4.74 Å². The molecule has 0 aliphatic heterocycles. The van der Waals surface area contributed by atoms with Gasteiger partial charge in [-0.15, -0.1) is 11.3 Å². The fourth-order valence-electron chi connectivity index (χ4n) is 2.05. The zero-order valence-corrected chi connectivity index (χ0v) is 14.5. The van der Waals surface area contributed by atoms with Crippen LogP contribution in [0.15, 0.2) is 29.6 Å². The second kappa shape index (κ2) is 8.15. The van der Waals surface area contributed by atoms with E-state index in [1.165, 1.54) is 0 Å². The van der Waals surface area contributed by atoms with Gasteiger partial charge in [0.15, 0.2) is 5.13 Å². The van der Waals surface area contributed by atoms with Crippen molar-refractivity contribution in [3.05, 3.63) is 35.3 Å². The molecule has 1 atom stereocenters. The van der Waals surface area contributed by atoms with Gasteiger partial charge in [-0.3, -0.25) is 0 Å². The zero-order valence-electron chi connectivity index (χ0n) is 13.7. The second-order valence-corrected chi connectivity index (χ2v) is 6.40. The van der Waals surface area contributed by atoms with Crippen LogP contribution in [0.25, 0.3) is 0 Å². The van der Waals surface area contributed by atoms with Crippen molar-refractivity contribution in [1.82, 2.24) is 10.3 Å². The van der Waals surface area contributed by atoms with E-state index in [9.17, 15) is 0 Å². The van der Waals surface area contributed by atoms with Crippen LogP contribution in [-0.4, -0.2) is 17.6 Å². The highest BCUT2D eigenvalue weighted by Gasteiger charge is 2.11. The lowest BCUT2D eigenvalue weighted by molar-refractivity contribution is 0.244. The Hall–Kier alpha value is -1.59. The van der Waals surface area contributed by atoms with Gasteiger partial charge in [0, 0.05) is 11.4 Å². The number of rotatable bonds is 8. The maximum absolute atomic E-state index is 5.83. The topological polar surface area (TPSA) is 46.2 Å². The van der Waals surface area contributed by atoms with Gasteiger partial charge in [0.05, 0.1) is 17.5 Å². The van der Waals surface area contributed by atoms with Gasteiger partial charge in [-0.1, -0.05) is 19.1 Å². The first-order valence-electron chi connectivity index (χ1n) is 7.81. The third kappa shape index (κ3) is 4.71. The Bertz CT molecular complexity index is 583. The summed E-state index contributed by atoms with van der Waals surface area (Å²) in [4.78, 5) is 4.67. The Morgan fingerprint density at radius 2 is 2.00 bits per heavy atom. The molecule has 0 saturated heterocycles. The molecule has 0 saturated carbocycles. The molecule has 0 spiro atoms. The Morgan fingerprint density at radius 1 is 1.23 bits per heavy atom. The summed E-state index contributed by atoms with van der Waals surface area (Å²) in [6.45, 7) is 9.37. The summed E-state index contributed by atoms with van der Waals surface area (Å²) in [7, 11) is 0. The number of nitrogens with zero attached hydrogens (tertiary/aromatic N) is 1.